The third kappa shape index (κ3) is 6.46. The first kappa shape index (κ1) is 23.1. The fourth-order valence-corrected chi connectivity index (χ4v) is 4.79. The van der Waals surface area contributed by atoms with Crippen molar-refractivity contribution in [2.45, 2.75) is 25.7 Å². The topological polar surface area (TPSA) is 64.1 Å². The van der Waals surface area contributed by atoms with Crippen molar-refractivity contribution in [2.75, 3.05) is 57.8 Å². The quantitative estimate of drug-likeness (QED) is 0.544. The molecule has 2 fully saturated rings. The van der Waals surface area contributed by atoms with Crippen LogP contribution >= 0.6 is 0 Å². The van der Waals surface area contributed by atoms with E-state index in [0.717, 1.165) is 63.4 Å². The van der Waals surface area contributed by atoms with Gasteiger partial charge in [0, 0.05) is 65.5 Å². The number of amides is 1. The molecule has 0 unspecified atom stereocenters. The zero-order valence-electron chi connectivity index (χ0n) is 19.7. The number of hydrogen-bond acceptors (Lipinski definition) is 4. The van der Waals surface area contributed by atoms with Crippen molar-refractivity contribution in [3.63, 3.8) is 0 Å². The van der Waals surface area contributed by atoms with Gasteiger partial charge in [-0.1, -0.05) is 36.4 Å². The number of nitrogens with zero attached hydrogens (tertiary/aromatic N) is 5. The summed E-state index contributed by atoms with van der Waals surface area (Å²) in [5.41, 5.74) is 1.43. The number of piperidine rings is 1. The number of pyridine rings is 1. The molecular formula is C26H36N6O. The molecule has 7 heteroatoms. The van der Waals surface area contributed by atoms with Crippen LogP contribution in [0.4, 0.5) is 5.82 Å². The molecule has 0 bridgehead atoms. The van der Waals surface area contributed by atoms with Crippen LogP contribution in [0.2, 0.25) is 0 Å². The van der Waals surface area contributed by atoms with Crippen LogP contribution in [0.3, 0.4) is 0 Å². The van der Waals surface area contributed by atoms with Gasteiger partial charge >= 0.3 is 0 Å². The SMILES string of the molecule is CN=C(NCCC(=O)N1CCN(c2ccccn2)CC1)N1CCC(Cc2ccccc2)CC1. The third-order valence-corrected chi connectivity index (χ3v) is 6.72. The molecule has 176 valence electrons. The fraction of sp³-hybridized carbons (Fsp3) is 0.500. The van der Waals surface area contributed by atoms with E-state index in [9.17, 15) is 4.79 Å². The molecule has 0 atom stereocenters. The van der Waals surface area contributed by atoms with Gasteiger partial charge in [-0.2, -0.15) is 0 Å². The number of aromatic nitrogens is 1. The first-order valence-electron chi connectivity index (χ1n) is 12.2. The number of guanidine groups is 1. The third-order valence-electron chi connectivity index (χ3n) is 6.72. The Hall–Kier alpha value is -3.09. The Kier molecular flexibility index (Phi) is 8.17. The van der Waals surface area contributed by atoms with E-state index in [-0.39, 0.29) is 5.91 Å². The Balaban J connectivity index is 1.15. The maximum absolute atomic E-state index is 12.7. The van der Waals surface area contributed by atoms with Crippen LogP contribution < -0.4 is 10.2 Å². The summed E-state index contributed by atoms with van der Waals surface area (Å²) in [6.45, 7) is 5.81. The highest BCUT2D eigenvalue weighted by Crippen LogP contribution is 2.21. The second-order valence-electron chi connectivity index (χ2n) is 8.90. The molecular weight excluding hydrogens is 412 g/mol. The standard InChI is InChI=1S/C26H36N6O/c1-27-26(32-15-11-23(12-16-32)21-22-7-3-2-4-8-22)29-14-10-25(33)31-19-17-30(18-20-31)24-9-5-6-13-28-24/h2-9,13,23H,10-12,14-21H2,1H3,(H,27,29). The summed E-state index contributed by atoms with van der Waals surface area (Å²) in [7, 11) is 1.83. The van der Waals surface area contributed by atoms with Crippen LogP contribution in [-0.2, 0) is 11.2 Å². The minimum atomic E-state index is 0.209. The predicted molar refractivity (Wildman–Crippen MR) is 133 cm³/mol. The van der Waals surface area contributed by atoms with Crippen molar-refractivity contribution in [2.24, 2.45) is 10.9 Å². The highest BCUT2D eigenvalue weighted by Gasteiger charge is 2.23. The number of aliphatic imine (C=N–C) groups is 1. The zero-order valence-corrected chi connectivity index (χ0v) is 19.7. The number of nitrogens with one attached hydrogen (secondary N) is 1. The highest BCUT2D eigenvalue weighted by molar-refractivity contribution is 5.81. The number of hydrogen-bond donors (Lipinski definition) is 1. The van der Waals surface area contributed by atoms with Crippen LogP contribution in [0, 0.1) is 5.92 Å². The molecule has 1 amide bonds. The molecule has 4 rings (SSSR count). The molecule has 2 aliphatic rings. The van der Waals surface area contributed by atoms with Gasteiger partial charge < -0.3 is 20.0 Å². The maximum atomic E-state index is 12.7. The van der Waals surface area contributed by atoms with E-state index in [1.807, 2.05) is 36.3 Å². The zero-order chi connectivity index (χ0) is 22.9. The summed E-state index contributed by atoms with van der Waals surface area (Å²) in [5.74, 6) is 2.84. The summed E-state index contributed by atoms with van der Waals surface area (Å²) in [6, 6.07) is 16.7. The Morgan fingerprint density at radius 2 is 1.70 bits per heavy atom. The molecule has 0 aliphatic carbocycles. The average Bonchev–Trinajstić information content (AvgIpc) is 2.88. The first-order valence-corrected chi connectivity index (χ1v) is 12.2. The molecule has 2 aliphatic heterocycles. The summed E-state index contributed by atoms with van der Waals surface area (Å²) >= 11 is 0. The van der Waals surface area contributed by atoms with Crippen LogP contribution in [0.15, 0.2) is 59.7 Å². The van der Waals surface area contributed by atoms with Crippen LogP contribution in [-0.4, -0.2) is 79.5 Å². The molecule has 3 heterocycles. The van der Waals surface area contributed by atoms with Crippen molar-refractivity contribution >= 4 is 17.7 Å². The van der Waals surface area contributed by atoms with E-state index in [0.29, 0.717) is 13.0 Å². The van der Waals surface area contributed by atoms with Crippen molar-refractivity contribution in [3.05, 3.63) is 60.3 Å². The maximum Gasteiger partial charge on any atom is 0.224 e. The van der Waals surface area contributed by atoms with E-state index in [1.165, 1.54) is 18.4 Å². The number of carbonyl (C=O) groups excluding carboxylic acids is 1. The average molecular weight is 449 g/mol. The molecule has 7 nitrogen and oxygen atoms in total. The minimum Gasteiger partial charge on any atom is -0.356 e. The molecule has 0 radical (unpaired) electrons. The van der Waals surface area contributed by atoms with Gasteiger partial charge in [-0.15, -0.1) is 0 Å². The molecule has 33 heavy (non-hydrogen) atoms. The van der Waals surface area contributed by atoms with Gasteiger partial charge in [-0.05, 0) is 42.9 Å². The lowest BCUT2D eigenvalue weighted by Crippen LogP contribution is -2.50. The number of piperazine rings is 1. The summed E-state index contributed by atoms with van der Waals surface area (Å²) < 4.78 is 0. The van der Waals surface area contributed by atoms with Crippen molar-refractivity contribution in [1.82, 2.24) is 20.1 Å². The number of anilines is 1. The second kappa shape index (κ2) is 11.7. The van der Waals surface area contributed by atoms with Crippen LogP contribution in [0.1, 0.15) is 24.8 Å². The molecule has 1 aromatic carbocycles. The lowest BCUT2D eigenvalue weighted by molar-refractivity contribution is -0.131. The number of likely N-dealkylation sites (tertiary alicyclic amines) is 1. The van der Waals surface area contributed by atoms with E-state index in [1.54, 1.807) is 0 Å². The largest absolute Gasteiger partial charge is 0.356 e. The van der Waals surface area contributed by atoms with Gasteiger partial charge in [-0.25, -0.2) is 4.98 Å². The second-order valence-corrected chi connectivity index (χ2v) is 8.90. The van der Waals surface area contributed by atoms with E-state index >= 15 is 0 Å². The van der Waals surface area contributed by atoms with E-state index in [2.05, 4.69) is 55.4 Å². The van der Waals surface area contributed by atoms with Gasteiger partial charge in [0.2, 0.25) is 5.91 Å². The summed E-state index contributed by atoms with van der Waals surface area (Å²) in [5, 5.41) is 3.42. The molecule has 2 aromatic rings. The molecule has 1 N–H and O–H groups in total. The predicted octanol–water partition coefficient (Wildman–Crippen LogP) is 2.65. The Morgan fingerprint density at radius 1 is 0.970 bits per heavy atom. The Bertz CT molecular complexity index is 888. The Labute approximate surface area is 197 Å². The Morgan fingerprint density at radius 3 is 2.36 bits per heavy atom. The number of rotatable bonds is 6. The monoisotopic (exact) mass is 448 g/mol. The summed E-state index contributed by atoms with van der Waals surface area (Å²) in [6.07, 6.45) is 5.82. The van der Waals surface area contributed by atoms with Gasteiger partial charge in [0.1, 0.15) is 5.82 Å². The first-order chi connectivity index (χ1) is 16.2. The van der Waals surface area contributed by atoms with Gasteiger partial charge in [0.05, 0.1) is 0 Å². The summed E-state index contributed by atoms with van der Waals surface area (Å²) in [4.78, 5) is 28.1. The van der Waals surface area contributed by atoms with E-state index < -0.39 is 0 Å². The number of carbonyl (C=O) groups is 1. The van der Waals surface area contributed by atoms with Crippen molar-refractivity contribution in [1.29, 1.82) is 0 Å². The minimum absolute atomic E-state index is 0.209. The molecule has 2 saturated heterocycles. The normalized spacial score (nSPS) is 17.8. The van der Waals surface area contributed by atoms with Gasteiger partial charge in [0.25, 0.3) is 0 Å². The lowest BCUT2D eigenvalue weighted by Gasteiger charge is -2.36. The lowest BCUT2D eigenvalue weighted by atomic mass is 9.90. The molecule has 0 spiro atoms. The molecule has 0 saturated carbocycles. The van der Waals surface area contributed by atoms with Crippen molar-refractivity contribution in [3.8, 4) is 0 Å². The number of benzene rings is 1. The highest BCUT2D eigenvalue weighted by atomic mass is 16.2. The van der Waals surface area contributed by atoms with Crippen molar-refractivity contribution < 1.29 is 4.79 Å². The van der Waals surface area contributed by atoms with Gasteiger partial charge in [0.15, 0.2) is 5.96 Å². The fourth-order valence-electron chi connectivity index (χ4n) is 4.79. The smallest absolute Gasteiger partial charge is 0.224 e. The van der Waals surface area contributed by atoms with Gasteiger partial charge in [-0.3, -0.25) is 9.79 Å². The molecule has 1 aromatic heterocycles. The van der Waals surface area contributed by atoms with Crippen LogP contribution in [0.5, 0.6) is 0 Å². The van der Waals surface area contributed by atoms with E-state index in [4.69, 9.17) is 0 Å². The van der Waals surface area contributed by atoms with Crippen LogP contribution in [0.25, 0.3) is 0 Å².